The van der Waals surface area contributed by atoms with Gasteiger partial charge >= 0.3 is 5.97 Å². The third-order valence-electron chi connectivity index (χ3n) is 4.45. The Morgan fingerprint density at radius 1 is 1.28 bits per heavy atom. The Morgan fingerprint density at radius 3 is 2.80 bits per heavy atom. The average Bonchev–Trinajstić information content (AvgIpc) is 2.63. The van der Waals surface area contributed by atoms with Gasteiger partial charge < -0.3 is 15.0 Å². The summed E-state index contributed by atoms with van der Waals surface area (Å²) in [6.45, 7) is 6.45. The van der Waals surface area contributed by atoms with Gasteiger partial charge in [-0.15, -0.1) is 0 Å². The number of hydrogen-bond acceptors (Lipinski definition) is 6. The summed E-state index contributed by atoms with van der Waals surface area (Å²) in [6, 6.07) is 9.21. The molecule has 2 heterocycles. The van der Waals surface area contributed by atoms with Gasteiger partial charge in [-0.05, 0) is 37.8 Å². The van der Waals surface area contributed by atoms with Crippen molar-refractivity contribution in [1.82, 2.24) is 9.97 Å². The highest BCUT2D eigenvalue weighted by Gasteiger charge is 2.18. The molecule has 0 aliphatic carbocycles. The molecule has 1 saturated heterocycles. The highest BCUT2D eigenvalue weighted by molar-refractivity contribution is 5.96. The van der Waals surface area contributed by atoms with Crippen molar-refractivity contribution in [3.05, 3.63) is 42.2 Å². The molecule has 1 aromatic heterocycles. The molecule has 132 valence electrons. The number of anilines is 3. The van der Waals surface area contributed by atoms with Gasteiger partial charge in [0, 0.05) is 19.2 Å². The summed E-state index contributed by atoms with van der Waals surface area (Å²) >= 11 is 0. The number of aromatic nitrogens is 2. The molecule has 25 heavy (non-hydrogen) atoms. The number of nitrogens with one attached hydrogen (secondary N) is 1. The number of para-hydroxylation sites is 1. The SMILES string of the molecule is CCOC(=O)c1ccccc1Nc1cc(N2CCC(C)CC2)ncn1. The van der Waals surface area contributed by atoms with E-state index in [2.05, 4.69) is 27.1 Å². The molecule has 1 fully saturated rings. The summed E-state index contributed by atoms with van der Waals surface area (Å²) in [7, 11) is 0. The normalized spacial score (nSPS) is 15.0. The van der Waals surface area contributed by atoms with Crippen molar-refractivity contribution in [3.63, 3.8) is 0 Å². The average molecular weight is 340 g/mol. The summed E-state index contributed by atoms with van der Waals surface area (Å²) in [5.41, 5.74) is 1.18. The topological polar surface area (TPSA) is 67.3 Å². The second-order valence-corrected chi connectivity index (χ2v) is 6.32. The quantitative estimate of drug-likeness (QED) is 0.838. The van der Waals surface area contributed by atoms with Crippen molar-refractivity contribution < 1.29 is 9.53 Å². The summed E-state index contributed by atoms with van der Waals surface area (Å²) in [6.07, 6.45) is 3.92. The molecule has 0 saturated carbocycles. The Kier molecular flexibility index (Phi) is 5.48. The lowest BCUT2D eigenvalue weighted by molar-refractivity contribution is 0.0527. The smallest absolute Gasteiger partial charge is 0.340 e. The first-order chi connectivity index (χ1) is 12.2. The van der Waals surface area contributed by atoms with Crippen LogP contribution in [0.15, 0.2) is 36.7 Å². The van der Waals surface area contributed by atoms with Gasteiger partial charge in [0.2, 0.25) is 0 Å². The van der Waals surface area contributed by atoms with Crippen LogP contribution in [0.3, 0.4) is 0 Å². The highest BCUT2D eigenvalue weighted by atomic mass is 16.5. The minimum absolute atomic E-state index is 0.343. The maximum atomic E-state index is 12.1. The van der Waals surface area contributed by atoms with Gasteiger partial charge in [-0.1, -0.05) is 19.1 Å². The highest BCUT2D eigenvalue weighted by Crippen LogP contribution is 2.25. The van der Waals surface area contributed by atoms with Crippen LogP contribution < -0.4 is 10.2 Å². The van der Waals surface area contributed by atoms with Crippen molar-refractivity contribution >= 4 is 23.3 Å². The molecule has 6 nitrogen and oxygen atoms in total. The molecule has 0 spiro atoms. The number of ether oxygens (including phenoxy) is 1. The molecule has 0 amide bonds. The number of rotatable bonds is 5. The summed E-state index contributed by atoms with van der Waals surface area (Å²) in [5.74, 6) is 2.01. The monoisotopic (exact) mass is 340 g/mol. The van der Waals surface area contributed by atoms with Crippen molar-refractivity contribution in [2.24, 2.45) is 5.92 Å². The lowest BCUT2D eigenvalue weighted by atomic mass is 9.99. The maximum absolute atomic E-state index is 12.1. The Balaban J connectivity index is 1.78. The number of nitrogens with zero attached hydrogens (tertiary/aromatic N) is 3. The molecule has 0 bridgehead atoms. The van der Waals surface area contributed by atoms with E-state index in [-0.39, 0.29) is 5.97 Å². The Morgan fingerprint density at radius 2 is 2.04 bits per heavy atom. The zero-order valence-electron chi connectivity index (χ0n) is 14.7. The van der Waals surface area contributed by atoms with Crippen LogP contribution in [0.4, 0.5) is 17.3 Å². The van der Waals surface area contributed by atoms with Gasteiger partial charge in [0.05, 0.1) is 17.9 Å². The van der Waals surface area contributed by atoms with E-state index in [0.29, 0.717) is 23.7 Å². The van der Waals surface area contributed by atoms with Crippen LogP contribution in [0.2, 0.25) is 0 Å². The van der Waals surface area contributed by atoms with E-state index in [1.165, 1.54) is 12.8 Å². The van der Waals surface area contributed by atoms with Crippen molar-refractivity contribution in [2.45, 2.75) is 26.7 Å². The van der Waals surface area contributed by atoms with Gasteiger partial charge in [-0.2, -0.15) is 0 Å². The second-order valence-electron chi connectivity index (χ2n) is 6.32. The van der Waals surface area contributed by atoms with Crippen LogP contribution >= 0.6 is 0 Å². The van der Waals surface area contributed by atoms with Crippen LogP contribution in [0, 0.1) is 5.92 Å². The molecule has 0 atom stereocenters. The maximum Gasteiger partial charge on any atom is 0.340 e. The number of esters is 1. The lowest BCUT2D eigenvalue weighted by Crippen LogP contribution is -2.33. The number of carbonyl (C=O) groups is 1. The molecular formula is C19H24N4O2. The van der Waals surface area contributed by atoms with E-state index < -0.39 is 0 Å². The lowest BCUT2D eigenvalue weighted by Gasteiger charge is -2.31. The van der Waals surface area contributed by atoms with E-state index in [0.717, 1.165) is 24.8 Å². The molecule has 0 radical (unpaired) electrons. The van der Waals surface area contributed by atoms with Crippen LogP contribution in [0.25, 0.3) is 0 Å². The van der Waals surface area contributed by atoms with Gasteiger partial charge in [0.1, 0.15) is 18.0 Å². The van der Waals surface area contributed by atoms with Crippen molar-refractivity contribution in [3.8, 4) is 0 Å². The van der Waals surface area contributed by atoms with E-state index in [9.17, 15) is 4.79 Å². The van der Waals surface area contributed by atoms with E-state index in [1.54, 1.807) is 19.3 Å². The minimum atomic E-state index is -0.343. The Bertz CT molecular complexity index is 727. The molecule has 1 N–H and O–H groups in total. The first-order valence-electron chi connectivity index (χ1n) is 8.77. The zero-order valence-corrected chi connectivity index (χ0v) is 14.7. The number of piperidine rings is 1. The number of hydrogen-bond donors (Lipinski definition) is 1. The van der Waals surface area contributed by atoms with Gasteiger partial charge in [0.25, 0.3) is 0 Å². The van der Waals surface area contributed by atoms with Crippen LogP contribution in [0.1, 0.15) is 37.0 Å². The first-order valence-corrected chi connectivity index (χ1v) is 8.77. The minimum Gasteiger partial charge on any atom is -0.462 e. The molecule has 2 aromatic rings. The molecule has 0 unspecified atom stereocenters. The van der Waals surface area contributed by atoms with Gasteiger partial charge in [0.15, 0.2) is 0 Å². The van der Waals surface area contributed by atoms with Crippen molar-refractivity contribution in [2.75, 3.05) is 29.9 Å². The third kappa shape index (κ3) is 4.26. The van der Waals surface area contributed by atoms with Gasteiger partial charge in [-0.25, -0.2) is 14.8 Å². The van der Waals surface area contributed by atoms with E-state index in [1.807, 2.05) is 24.3 Å². The fourth-order valence-corrected chi connectivity index (χ4v) is 2.94. The molecule has 1 aliphatic rings. The third-order valence-corrected chi connectivity index (χ3v) is 4.45. The number of benzene rings is 1. The molecule has 6 heteroatoms. The molecule has 1 aliphatic heterocycles. The Hall–Kier alpha value is -2.63. The first kappa shape index (κ1) is 17.2. The summed E-state index contributed by atoms with van der Waals surface area (Å²) in [5, 5.41) is 3.22. The van der Waals surface area contributed by atoms with Crippen LogP contribution in [-0.2, 0) is 4.74 Å². The fourth-order valence-electron chi connectivity index (χ4n) is 2.94. The summed E-state index contributed by atoms with van der Waals surface area (Å²) < 4.78 is 5.12. The van der Waals surface area contributed by atoms with Crippen LogP contribution in [0.5, 0.6) is 0 Å². The van der Waals surface area contributed by atoms with Crippen molar-refractivity contribution in [1.29, 1.82) is 0 Å². The molecule has 1 aromatic carbocycles. The summed E-state index contributed by atoms with van der Waals surface area (Å²) in [4.78, 5) is 23.1. The molecular weight excluding hydrogens is 316 g/mol. The predicted molar refractivity (Wildman–Crippen MR) is 98.3 cm³/mol. The predicted octanol–water partition coefficient (Wildman–Crippen LogP) is 3.63. The van der Waals surface area contributed by atoms with Gasteiger partial charge in [-0.3, -0.25) is 0 Å². The standard InChI is InChI=1S/C19H24N4O2/c1-3-25-19(24)15-6-4-5-7-16(15)22-17-12-18(21-13-20-17)23-10-8-14(2)9-11-23/h4-7,12-14H,3,8-11H2,1-2H3,(H,20,21,22). The van der Waals surface area contributed by atoms with Crippen LogP contribution in [-0.4, -0.2) is 35.6 Å². The Labute approximate surface area is 148 Å². The fraction of sp³-hybridized carbons (Fsp3) is 0.421. The van der Waals surface area contributed by atoms with E-state index >= 15 is 0 Å². The molecule has 3 rings (SSSR count). The second kappa shape index (κ2) is 7.96. The largest absolute Gasteiger partial charge is 0.462 e. The van der Waals surface area contributed by atoms with E-state index in [4.69, 9.17) is 4.74 Å². The zero-order chi connectivity index (χ0) is 17.6. The number of carbonyl (C=O) groups excluding carboxylic acids is 1.